The Hall–Kier alpha value is -2.63. The van der Waals surface area contributed by atoms with Crippen LogP contribution >= 0.6 is 0 Å². The van der Waals surface area contributed by atoms with Crippen LogP contribution in [0.5, 0.6) is 5.75 Å². The van der Waals surface area contributed by atoms with Crippen molar-refractivity contribution in [1.82, 2.24) is 5.32 Å². The van der Waals surface area contributed by atoms with Gasteiger partial charge in [0.1, 0.15) is 38.5 Å². The molecule has 3 rings (SSSR count). The van der Waals surface area contributed by atoms with Gasteiger partial charge < -0.3 is 19.9 Å². The lowest BCUT2D eigenvalue weighted by atomic mass is 10.1. The molecule has 5 nitrogen and oxygen atoms in total. The number of ether oxygens (including phenoxy) is 1. The van der Waals surface area contributed by atoms with Gasteiger partial charge in [-0.15, -0.1) is 0 Å². The van der Waals surface area contributed by atoms with Gasteiger partial charge in [0.2, 0.25) is 0 Å². The highest BCUT2D eigenvalue weighted by Gasteiger charge is 2.23. The predicted molar refractivity (Wildman–Crippen MR) is 121 cm³/mol. The fourth-order valence-electron chi connectivity index (χ4n) is 3.87. The van der Waals surface area contributed by atoms with E-state index in [4.69, 9.17) is 4.74 Å². The molecule has 0 saturated carbocycles. The van der Waals surface area contributed by atoms with Crippen molar-refractivity contribution >= 4 is 12.0 Å². The van der Waals surface area contributed by atoms with Crippen molar-refractivity contribution in [3.8, 4) is 5.75 Å². The molecule has 0 aliphatic carbocycles. The van der Waals surface area contributed by atoms with Gasteiger partial charge in [0.15, 0.2) is 6.54 Å². The Balaban J connectivity index is 1.28. The Morgan fingerprint density at radius 2 is 1.77 bits per heavy atom. The molecule has 30 heavy (non-hydrogen) atoms. The van der Waals surface area contributed by atoms with E-state index in [1.54, 1.807) is 4.90 Å². The van der Waals surface area contributed by atoms with Crippen LogP contribution < -0.4 is 19.9 Å². The van der Waals surface area contributed by atoms with Crippen molar-refractivity contribution in [2.24, 2.45) is 0 Å². The summed E-state index contributed by atoms with van der Waals surface area (Å²) in [6.45, 7) is 11.1. The van der Waals surface area contributed by atoms with Crippen molar-refractivity contribution in [1.29, 1.82) is 0 Å². The molecule has 0 unspecified atom stereocenters. The third-order valence-electron chi connectivity index (χ3n) is 5.60. The Morgan fingerprint density at radius 1 is 1.03 bits per heavy atom. The van der Waals surface area contributed by atoms with Crippen molar-refractivity contribution in [2.45, 2.75) is 13.8 Å². The zero-order valence-electron chi connectivity index (χ0n) is 18.2. The third-order valence-corrected chi connectivity index (χ3v) is 5.60. The van der Waals surface area contributed by atoms with Gasteiger partial charge in [-0.3, -0.25) is 4.79 Å². The molecule has 0 aromatic heterocycles. The zero-order chi connectivity index (χ0) is 21.2. The molecule has 0 spiro atoms. The summed E-state index contributed by atoms with van der Waals surface area (Å²) in [5.41, 5.74) is 3.61. The van der Waals surface area contributed by atoms with Crippen molar-refractivity contribution in [2.75, 3.05) is 52.4 Å². The van der Waals surface area contributed by atoms with Crippen LogP contribution in [0.2, 0.25) is 0 Å². The molecule has 5 heteroatoms. The summed E-state index contributed by atoms with van der Waals surface area (Å²) >= 11 is 0. The lowest BCUT2D eigenvalue weighted by Gasteiger charge is -2.28. The summed E-state index contributed by atoms with van der Waals surface area (Å²) in [5, 5.41) is 2.99. The monoisotopic (exact) mass is 409 g/mol. The highest BCUT2D eigenvalue weighted by Crippen LogP contribution is 2.18. The smallest absolute Gasteiger partial charge is 0.275 e. The maximum absolute atomic E-state index is 12.2. The average Bonchev–Trinajstić information content (AvgIpc) is 2.74. The summed E-state index contributed by atoms with van der Waals surface area (Å²) in [5.74, 6) is 1.00. The summed E-state index contributed by atoms with van der Waals surface area (Å²) in [7, 11) is 0. The predicted octanol–water partition coefficient (Wildman–Crippen LogP) is 0.295. The van der Waals surface area contributed by atoms with E-state index < -0.39 is 0 Å². The Bertz CT molecular complexity index is 828. The minimum absolute atomic E-state index is 0.113. The molecule has 3 N–H and O–H groups in total. The molecule has 0 radical (unpaired) electrons. The molecule has 1 amide bonds. The summed E-state index contributed by atoms with van der Waals surface area (Å²) in [4.78, 5) is 15.2. The maximum Gasteiger partial charge on any atom is 0.275 e. The molecular formula is C25H35N3O2+2. The molecule has 1 aliphatic rings. The number of nitrogens with one attached hydrogen (secondary N) is 3. The standard InChI is InChI=1S/C25H33N3O2/c1-21-10-11-24(22(2)19-21)30-18-12-26-25(29)20-28-16-14-27(15-17-28)13-6-9-23-7-4-3-5-8-23/h3-11,19H,12-18,20H2,1-2H3,(H,26,29)/p+2/b9-6+. The van der Waals surface area contributed by atoms with E-state index in [-0.39, 0.29) is 5.91 Å². The lowest BCUT2D eigenvalue weighted by Crippen LogP contribution is -3.28. The van der Waals surface area contributed by atoms with E-state index in [0.29, 0.717) is 19.7 Å². The van der Waals surface area contributed by atoms with E-state index in [2.05, 4.69) is 54.7 Å². The van der Waals surface area contributed by atoms with Crippen LogP contribution in [0.1, 0.15) is 16.7 Å². The zero-order valence-corrected chi connectivity index (χ0v) is 18.2. The molecule has 1 saturated heterocycles. The molecule has 1 heterocycles. The van der Waals surface area contributed by atoms with Crippen molar-refractivity contribution in [3.05, 3.63) is 71.3 Å². The number of aryl methyl sites for hydroxylation is 2. The number of hydrogen-bond acceptors (Lipinski definition) is 2. The van der Waals surface area contributed by atoms with Crippen molar-refractivity contribution < 1.29 is 19.3 Å². The van der Waals surface area contributed by atoms with Gasteiger partial charge in [0.25, 0.3) is 5.91 Å². The van der Waals surface area contributed by atoms with Gasteiger partial charge in [-0.1, -0.05) is 54.1 Å². The largest absolute Gasteiger partial charge is 0.491 e. The number of amides is 1. The second-order valence-corrected chi connectivity index (χ2v) is 8.16. The fourth-order valence-corrected chi connectivity index (χ4v) is 3.87. The fraction of sp³-hybridized carbons (Fsp3) is 0.400. The Kier molecular flexibility index (Phi) is 8.48. The Morgan fingerprint density at radius 3 is 2.50 bits per heavy atom. The first-order valence-corrected chi connectivity index (χ1v) is 11.0. The summed E-state index contributed by atoms with van der Waals surface area (Å²) in [6, 6.07) is 16.6. The highest BCUT2D eigenvalue weighted by atomic mass is 16.5. The number of rotatable bonds is 9. The second-order valence-electron chi connectivity index (χ2n) is 8.16. The van der Waals surface area contributed by atoms with Crippen LogP contribution in [0.15, 0.2) is 54.6 Å². The average molecular weight is 410 g/mol. The van der Waals surface area contributed by atoms with Gasteiger partial charge in [-0.05, 0) is 37.1 Å². The Labute approximate surface area is 180 Å². The number of piperazine rings is 1. The quantitative estimate of drug-likeness (QED) is 0.522. The summed E-state index contributed by atoms with van der Waals surface area (Å²) in [6.07, 6.45) is 4.46. The summed E-state index contributed by atoms with van der Waals surface area (Å²) < 4.78 is 5.78. The normalized spacial score (nSPS) is 19.0. The van der Waals surface area contributed by atoms with E-state index in [9.17, 15) is 4.79 Å². The molecule has 0 atom stereocenters. The molecule has 0 bridgehead atoms. The van der Waals surface area contributed by atoms with Gasteiger partial charge in [-0.25, -0.2) is 0 Å². The van der Waals surface area contributed by atoms with Crippen LogP contribution in [0.4, 0.5) is 0 Å². The number of hydrogen-bond donors (Lipinski definition) is 3. The molecule has 1 aliphatic heterocycles. The molecule has 1 fully saturated rings. The van der Waals surface area contributed by atoms with Crippen LogP contribution in [-0.4, -0.2) is 58.3 Å². The molecule has 2 aromatic carbocycles. The van der Waals surface area contributed by atoms with Crippen LogP contribution in [0.3, 0.4) is 0 Å². The SMILES string of the molecule is Cc1ccc(OCCNC(=O)C[NH+]2CC[NH+](C/C=C/c3ccccc3)CC2)c(C)c1. The third kappa shape index (κ3) is 7.32. The number of benzene rings is 2. The van der Waals surface area contributed by atoms with Gasteiger partial charge in [0.05, 0.1) is 13.1 Å². The van der Waals surface area contributed by atoms with Crippen LogP contribution in [0.25, 0.3) is 6.08 Å². The first kappa shape index (κ1) is 22.1. The topological polar surface area (TPSA) is 47.2 Å². The van der Waals surface area contributed by atoms with Crippen molar-refractivity contribution in [3.63, 3.8) is 0 Å². The van der Waals surface area contributed by atoms with E-state index in [0.717, 1.165) is 44.0 Å². The van der Waals surface area contributed by atoms with E-state index in [1.165, 1.54) is 16.0 Å². The highest BCUT2D eigenvalue weighted by molar-refractivity contribution is 5.76. The number of quaternary nitrogens is 2. The lowest BCUT2D eigenvalue weighted by molar-refractivity contribution is -1.01. The van der Waals surface area contributed by atoms with E-state index >= 15 is 0 Å². The van der Waals surface area contributed by atoms with Gasteiger partial charge in [0, 0.05) is 0 Å². The molecular weight excluding hydrogens is 374 g/mol. The minimum Gasteiger partial charge on any atom is -0.491 e. The first-order valence-electron chi connectivity index (χ1n) is 11.0. The first-order chi connectivity index (χ1) is 14.6. The molecule has 2 aromatic rings. The van der Waals surface area contributed by atoms with Gasteiger partial charge >= 0.3 is 0 Å². The van der Waals surface area contributed by atoms with Crippen LogP contribution in [0, 0.1) is 13.8 Å². The number of carbonyl (C=O) groups excluding carboxylic acids is 1. The molecule has 160 valence electrons. The maximum atomic E-state index is 12.2. The number of carbonyl (C=O) groups is 1. The minimum atomic E-state index is 0.113. The van der Waals surface area contributed by atoms with Crippen LogP contribution in [-0.2, 0) is 4.79 Å². The van der Waals surface area contributed by atoms with Gasteiger partial charge in [-0.2, -0.15) is 0 Å². The second kappa shape index (κ2) is 11.5. The van der Waals surface area contributed by atoms with E-state index in [1.807, 2.05) is 25.1 Å².